The third kappa shape index (κ3) is 4.79. The molecule has 7 heteroatoms. The molecule has 0 bridgehead atoms. The van der Waals surface area contributed by atoms with Gasteiger partial charge < -0.3 is 19.9 Å². The molecule has 4 rings (SSSR count). The minimum absolute atomic E-state index is 0.130. The molecule has 0 spiro atoms. The number of benzene rings is 2. The molecule has 2 heterocycles. The maximum atomic E-state index is 12.9. The van der Waals surface area contributed by atoms with Gasteiger partial charge in [-0.1, -0.05) is 23.2 Å². The number of hydrogen-bond acceptors (Lipinski definition) is 3. The Hall–Kier alpha value is -1.95. The van der Waals surface area contributed by atoms with Gasteiger partial charge in [0.05, 0.1) is 17.2 Å². The highest BCUT2D eigenvalue weighted by Gasteiger charge is 2.27. The van der Waals surface area contributed by atoms with Gasteiger partial charge in [0.25, 0.3) is 0 Å². The zero-order valence-corrected chi connectivity index (χ0v) is 19.8. The molecule has 2 aromatic carbocycles. The van der Waals surface area contributed by atoms with Crippen LogP contribution in [-0.2, 0) is 13.1 Å². The zero-order valence-electron chi connectivity index (χ0n) is 18.3. The van der Waals surface area contributed by atoms with Crippen LogP contribution >= 0.6 is 23.2 Å². The number of halogens is 2. The topological polar surface area (TPSA) is 44.8 Å². The molecule has 1 fully saturated rings. The molecule has 0 saturated carbocycles. The Balaban J connectivity index is 1.46. The van der Waals surface area contributed by atoms with Gasteiger partial charge in [0.2, 0.25) is 0 Å². The second-order valence-electron chi connectivity index (χ2n) is 8.68. The summed E-state index contributed by atoms with van der Waals surface area (Å²) in [5.74, 6) is 1.32. The van der Waals surface area contributed by atoms with Crippen LogP contribution in [0.25, 0.3) is 0 Å². The molecule has 31 heavy (non-hydrogen) atoms. The molecule has 0 aromatic heterocycles. The lowest BCUT2D eigenvalue weighted by Crippen LogP contribution is -2.37. The summed E-state index contributed by atoms with van der Waals surface area (Å²) in [6.45, 7) is 7.70. The van der Waals surface area contributed by atoms with Crippen LogP contribution in [0.1, 0.15) is 49.3 Å². The van der Waals surface area contributed by atoms with Gasteiger partial charge in [-0.05, 0) is 92.7 Å². The fourth-order valence-corrected chi connectivity index (χ4v) is 4.97. The van der Waals surface area contributed by atoms with Crippen LogP contribution in [0.5, 0.6) is 5.75 Å². The fraction of sp³-hybridized carbons (Fsp3) is 0.458. The lowest BCUT2D eigenvalue weighted by Gasteiger charge is -2.35. The standard InChI is InChI=1S/C24H29Cl2N3O2/c1-15(2)28-8-6-16(7-9-28)20-12-19(4-5-23(20)31-3)27-24(30)29-13-17-10-21(25)22(26)11-18(17)14-29/h4-5,10-12,15-16H,6-9,13-14H2,1-3H3,(H,27,30). The molecule has 0 aliphatic carbocycles. The van der Waals surface area contributed by atoms with Gasteiger partial charge in [0, 0.05) is 24.8 Å². The Morgan fingerprint density at radius 3 is 2.23 bits per heavy atom. The fourth-order valence-electron chi connectivity index (χ4n) is 4.59. The number of methoxy groups -OCH3 is 1. The summed E-state index contributed by atoms with van der Waals surface area (Å²) in [5, 5.41) is 4.10. The van der Waals surface area contributed by atoms with Crippen LogP contribution in [0.2, 0.25) is 10.0 Å². The maximum Gasteiger partial charge on any atom is 0.322 e. The first kappa shape index (κ1) is 22.3. The number of carbonyl (C=O) groups excluding carboxylic acids is 1. The molecule has 2 amide bonds. The summed E-state index contributed by atoms with van der Waals surface area (Å²) in [6.07, 6.45) is 2.18. The molecular formula is C24H29Cl2N3O2. The van der Waals surface area contributed by atoms with Gasteiger partial charge in [0.1, 0.15) is 5.75 Å². The van der Waals surface area contributed by atoms with Crippen molar-refractivity contribution in [2.75, 3.05) is 25.5 Å². The normalized spacial score (nSPS) is 17.2. The Morgan fingerprint density at radius 1 is 1.06 bits per heavy atom. The minimum atomic E-state index is -0.130. The second kappa shape index (κ2) is 9.27. The molecule has 0 unspecified atom stereocenters. The van der Waals surface area contributed by atoms with Crippen LogP contribution in [0, 0.1) is 0 Å². The maximum absolute atomic E-state index is 12.9. The Kier molecular flexibility index (Phi) is 6.65. The van der Waals surface area contributed by atoms with E-state index in [1.54, 1.807) is 12.0 Å². The number of ether oxygens (including phenoxy) is 1. The van der Waals surface area contributed by atoms with Crippen molar-refractivity contribution in [1.29, 1.82) is 0 Å². The van der Waals surface area contributed by atoms with E-state index in [9.17, 15) is 4.79 Å². The second-order valence-corrected chi connectivity index (χ2v) is 9.50. The van der Waals surface area contributed by atoms with Crippen molar-refractivity contribution in [2.45, 2.75) is 51.7 Å². The molecule has 0 radical (unpaired) electrons. The van der Waals surface area contributed by atoms with Crippen molar-refractivity contribution < 1.29 is 9.53 Å². The quantitative estimate of drug-likeness (QED) is 0.594. The van der Waals surface area contributed by atoms with Crippen molar-refractivity contribution in [1.82, 2.24) is 9.80 Å². The summed E-state index contributed by atoms with van der Waals surface area (Å²) >= 11 is 12.3. The summed E-state index contributed by atoms with van der Waals surface area (Å²) in [4.78, 5) is 17.2. The van der Waals surface area contributed by atoms with Gasteiger partial charge in [-0.2, -0.15) is 0 Å². The molecule has 0 atom stereocenters. The van der Waals surface area contributed by atoms with Gasteiger partial charge in [-0.3, -0.25) is 0 Å². The highest BCUT2D eigenvalue weighted by molar-refractivity contribution is 6.42. The van der Waals surface area contributed by atoms with Crippen molar-refractivity contribution in [2.24, 2.45) is 0 Å². The van der Waals surface area contributed by atoms with E-state index >= 15 is 0 Å². The van der Waals surface area contributed by atoms with E-state index in [1.165, 1.54) is 5.56 Å². The predicted molar refractivity (Wildman–Crippen MR) is 126 cm³/mol. The SMILES string of the molecule is COc1ccc(NC(=O)N2Cc3cc(Cl)c(Cl)cc3C2)cc1C1CCN(C(C)C)CC1. The van der Waals surface area contributed by atoms with E-state index in [-0.39, 0.29) is 6.03 Å². The Morgan fingerprint density at radius 2 is 1.68 bits per heavy atom. The van der Waals surface area contributed by atoms with Crippen LogP contribution in [-0.4, -0.2) is 42.1 Å². The van der Waals surface area contributed by atoms with Gasteiger partial charge >= 0.3 is 6.03 Å². The predicted octanol–water partition coefficient (Wildman–Crippen LogP) is 6.14. The molecule has 5 nitrogen and oxygen atoms in total. The van der Waals surface area contributed by atoms with Crippen LogP contribution in [0.3, 0.4) is 0 Å². The summed E-state index contributed by atoms with van der Waals surface area (Å²) in [5.41, 5.74) is 4.04. The number of carbonyl (C=O) groups is 1. The average Bonchev–Trinajstić information content (AvgIpc) is 3.17. The molecule has 2 aliphatic rings. The summed E-state index contributed by atoms with van der Waals surface area (Å²) < 4.78 is 5.64. The lowest BCUT2D eigenvalue weighted by atomic mass is 9.88. The third-order valence-electron chi connectivity index (χ3n) is 6.43. The number of hydrogen-bond donors (Lipinski definition) is 1. The van der Waals surface area contributed by atoms with E-state index in [1.807, 2.05) is 24.3 Å². The number of fused-ring (bicyclic) bond motifs is 1. The average molecular weight is 462 g/mol. The largest absolute Gasteiger partial charge is 0.496 e. The number of nitrogens with zero attached hydrogens (tertiary/aromatic N) is 2. The van der Waals surface area contributed by atoms with Crippen molar-refractivity contribution in [3.63, 3.8) is 0 Å². The Labute approximate surface area is 194 Å². The van der Waals surface area contributed by atoms with E-state index in [0.29, 0.717) is 35.1 Å². The van der Waals surface area contributed by atoms with Gasteiger partial charge in [-0.15, -0.1) is 0 Å². The number of urea groups is 1. The van der Waals surface area contributed by atoms with Gasteiger partial charge in [0.15, 0.2) is 0 Å². The molecule has 2 aliphatic heterocycles. The minimum Gasteiger partial charge on any atom is -0.496 e. The van der Waals surface area contributed by atoms with Crippen LogP contribution in [0.4, 0.5) is 10.5 Å². The molecule has 1 N–H and O–H groups in total. The summed E-state index contributed by atoms with van der Waals surface area (Å²) in [7, 11) is 1.71. The smallest absolute Gasteiger partial charge is 0.322 e. The number of anilines is 1. The first-order valence-corrected chi connectivity index (χ1v) is 11.6. The summed E-state index contributed by atoms with van der Waals surface area (Å²) in [6, 6.07) is 10.1. The number of likely N-dealkylation sites (tertiary alicyclic amines) is 1. The number of nitrogens with one attached hydrogen (secondary N) is 1. The van der Waals surface area contributed by atoms with E-state index in [0.717, 1.165) is 48.5 Å². The third-order valence-corrected chi connectivity index (χ3v) is 7.15. The molecular weight excluding hydrogens is 433 g/mol. The van der Waals surface area contributed by atoms with Crippen molar-refractivity contribution >= 4 is 34.9 Å². The van der Waals surface area contributed by atoms with E-state index in [4.69, 9.17) is 27.9 Å². The van der Waals surface area contributed by atoms with E-state index in [2.05, 4.69) is 30.1 Å². The monoisotopic (exact) mass is 461 g/mol. The number of amides is 2. The molecule has 1 saturated heterocycles. The van der Waals surface area contributed by atoms with Crippen LogP contribution < -0.4 is 10.1 Å². The van der Waals surface area contributed by atoms with E-state index < -0.39 is 0 Å². The van der Waals surface area contributed by atoms with Crippen LogP contribution in [0.15, 0.2) is 30.3 Å². The zero-order chi connectivity index (χ0) is 22.1. The first-order chi connectivity index (χ1) is 14.9. The number of rotatable bonds is 4. The first-order valence-electron chi connectivity index (χ1n) is 10.8. The lowest BCUT2D eigenvalue weighted by molar-refractivity contribution is 0.171. The van der Waals surface area contributed by atoms with Crippen molar-refractivity contribution in [3.8, 4) is 5.75 Å². The molecule has 2 aromatic rings. The highest BCUT2D eigenvalue weighted by atomic mass is 35.5. The number of piperidine rings is 1. The van der Waals surface area contributed by atoms with Crippen molar-refractivity contribution in [3.05, 3.63) is 57.1 Å². The molecule has 166 valence electrons. The van der Waals surface area contributed by atoms with Gasteiger partial charge in [-0.25, -0.2) is 4.79 Å². The highest BCUT2D eigenvalue weighted by Crippen LogP contribution is 2.37. The Bertz CT molecular complexity index is 941.